The largest absolute Gasteiger partial charge is 0.616 e. The Labute approximate surface area is 76.2 Å². The van der Waals surface area contributed by atoms with E-state index in [1.165, 1.54) is 0 Å². The highest BCUT2D eigenvalue weighted by molar-refractivity contribution is 7.91. The van der Waals surface area contributed by atoms with Crippen LogP contribution in [0.4, 0.5) is 0 Å². The Bertz CT molecular complexity index is 200. The molecule has 0 aliphatic heterocycles. The molecule has 0 radical (unpaired) electrons. The van der Waals surface area contributed by atoms with Crippen LogP contribution in [-0.4, -0.2) is 28.7 Å². The Hall–Kier alpha value is -0.590. The van der Waals surface area contributed by atoms with Crippen molar-refractivity contribution in [3.05, 3.63) is 25.3 Å². The molecule has 0 saturated carbocycles. The van der Waals surface area contributed by atoms with Gasteiger partial charge in [-0.25, -0.2) is 0 Å². The van der Waals surface area contributed by atoms with Crippen LogP contribution in [0.25, 0.3) is 0 Å². The molecule has 0 atom stereocenters. The van der Waals surface area contributed by atoms with Crippen LogP contribution >= 0.6 is 0 Å². The van der Waals surface area contributed by atoms with Crippen molar-refractivity contribution < 1.29 is 17.2 Å². The monoisotopic (exact) mass is 210 g/mol. The van der Waals surface area contributed by atoms with Crippen molar-refractivity contribution in [3.8, 4) is 0 Å². The van der Waals surface area contributed by atoms with Gasteiger partial charge < -0.3 is 4.55 Å². The maximum Gasteiger partial charge on any atom is 0.425 e. The van der Waals surface area contributed by atoms with Crippen LogP contribution in [0.3, 0.4) is 0 Å². The smallest absolute Gasteiger partial charge is 0.425 e. The van der Waals surface area contributed by atoms with E-state index in [9.17, 15) is 4.55 Å². The van der Waals surface area contributed by atoms with E-state index in [4.69, 9.17) is 12.6 Å². The zero-order valence-corrected chi connectivity index (χ0v) is 8.07. The molecule has 0 spiro atoms. The van der Waals surface area contributed by atoms with Gasteiger partial charge in [0.1, 0.15) is 11.5 Å². The van der Waals surface area contributed by atoms with Gasteiger partial charge in [-0.2, -0.15) is 0 Å². The molecule has 0 bridgehead atoms. The van der Waals surface area contributed by atoms with Crippen LogP contribution in [0.15, 0.2) is 25.3 Å². The van der Waals surface area contributed by atoms with Gasteiger partial charge in [0.15, 0.2) is 0 Å². The maximum absolute atomic E-state index is 10.6. The molecule has 0 aromatic heterocycles. The van der Waals surface area contributed by atoms with Gasteiger partial charge in [0.25, 0.3) is 0 Å². The Balaban J connectivity index is 0. The van der Waals surface area contributed by atoms with Crippen molar-refractivity contribution in [2.24, 2.45) is 0 Å². The van der Waals surface area contributed by atoms with E-state index in [1.807, 2.05) is 0 Å². The van der Waals surface area contributed by atoms with Gasteiger partial charge in [-0.15, -0.1) is 12.6 Å². The minimum Gasteiger partial charge on any atom is -0.616 e. The van der Waals surface area contributed by atoms with Gasteiger partial charge in [0.2, 0.25) is 0 Å². The van der Waals surface area contributed by atoms with E-state index in [2.05, 4.69) is 13.2 Å². The first kappa shape index (κ1) is 14.0. The zero-order valence-electron chi connectivity index (χ0n) is 6.43. The van der Waals surface area contributed by atoms with Gasteiger partial charge in [-0.3, -0.25) is 0 Å². The summed E-state index contributed by atoms with van der Waals surface area (Å²) in [6.45, 7) is 6.91. The van der Waals surface area contributed by atoms with Crippen molar-refractivity contribution in [2.75, 3.05) is 11.5 Å². The second-order valence-corrected chi connectivity index (χ2v) is 3.51. The van der Waals surface area contributed by atoms with E-state index in [1.54, 1.807) is 12.2 Å². The lowest BCUT2D eigenvalue weighted by atomic mass is 10.8. The van der Waals surface area contributed by atoms with Crippen LogP contribution in [0, 0.1) is 0 Å². The number of rotatable bonds is 4. The third kappa shape index (κ3) is 22.7. The fourth-order valence-electron chi connectivity index (χ4n) is 0.331. The van der Waals surface area contributed by atoms with Crippen molar-refractivity contribution in [2.45, 2.75) is 0 Å². The molecule has 0 unspecified atom stereocenters. The zero-order chi connectivity index (χ0) is 9.98. The Morgan fingerprint density at radius 3 is 1.58 bits per heavy atom. The molecule has 0 rings (SSSR count). The second kappa shape index (κ2) is 10.4. The topological polar surface area (TPSA) is 74.3 Å². The Kier molecular flexibility index (Phi) is 12.1. The summed E-state index contributed by atoms with van der Waals surface area (Å²) in [7, 11) is -3.11. The van der Waals surface area contributed by atoms with E-state index in [0.29, 0.717) is 11.5 Å². The third-order valence-electron chi connectivity index (χ3n) is 0.607. The standard InChI is InChI=1S/C6H10OS.O3S/c1-3-5-8(7)6-4-2;1-4(2)3/h3-4H,1-2,5-6H2;. The van der Waals surface area contributed by atoms with Gasteiger partial charge in [-0.05, 0) is 23.3 Å². The van der Waals surface area contributed by atoms with Crippen molar-refractivity contribution in [1.29, 1.82) is 0 Å². The number of hydrogen-bond acceptors (Lipinski definition) is 4. The minimum atomic E-state index is -3.11. The molecule has 6 heteroatoms. The summed E-state index contributed by atoms with van der Waals surface area (Å²) in [4.78, 5) is 0. The van der Waals surface area contributed by atoms with Crippen LogP contribution in [0.1, 0.15) is 0 Å². The summed E-state index contributed by atoms with van der Waals surface area (Å²) < 4.78 is 35.9. The average Bonchev–Trinajstić information content (AvgIpc) is 1.87. The fourth-order valence-corrected chi connectivity index (χ4v) is 0.993. The van der Waals surface area contributed by atoms with Gasteiger partial charge >= 0.3 is 10.6 Å². The minimum absolute atomic E-state index is 0.575. The number of hydrogen-bond donors (Lipinski definition) is 0. The van der Waals surface area contributed by atoms with Crippen LogP contribution in [0.5, 0.6) is 0 Å². The SMILES string of the molecule is C=CC[S+]([O-])CC=C.O=S(=O)=O. The molecule has 0 saturated heterocycles. The lowest BCUT2D eigenvalue weighted by molar-refractivity contribution is 0.559. The first-order chi connectivity index (χ1) is 5.54. The molecule has 0 aliphatic rings. The van der Waals surface area contributed by atoms with Crippen molar-refractivity contribution in [3.63, 3.8) is 0 Å². The molecule has 0 N–H and O–H groups in total. The summed E-state index contributed by atoms with van der Waals surface area (Å²) in [5.41, 5.74) is 0. The molecule has 0 fully saturated rings. The van der Waals surface area contributed by atoms with E-state index in [0.717, 1.165) is 0 Å². The van der Waals surface area contributed by atoms with Crippen molar-refractivity contribution >= 4 is 21.8 Å². The quantitative estimate of drug-likeness (QED) is 0.487. The average molecular weight is 210 g/mol. The maximum atomic E-state index is 10.6. The fraction of sp³-hybridized carbons (Fsp3) is 0.333. The molecule has 0 amide bonds. The Morgan fingerprint density at radius 1 is 1.17 bits per heavy atom. The third-order valence-corrected chi connectivity index (χ3v) is 1.82. The molecule has 70 valence electrons. The van der Waals surface area contributed by atoms with Gasteiger partial charge in [0, 0.05) is 0 Å². The highest BCUT2D eigenvalue weighted by Crippen LogP contribution is 1.89. The summed E-state index contributed by atoms with van der Waals surface area (Å²) in [6, 6.07) is 0. The van der Waals surface area contributed by atoms with Crippen molar-refractivity contribution in [1.82, 2.24) is 0 Å². The van der Waals surface area contributed by atoms with Gasteiger partial charge in [0.05, 0.1) is 0 Å². The van der Waals surface area contributed by atoms with Gasteiger partial charge in [-0.1, -0.05) is 13.2 Å². The molecule has 4 nitrogen and oxygen atoms in total. The molecular weight excluding hydrogens is 200 g/mol. The lowest BCUT2D eigenvalue weighted by Crippen LogP contribution is -2.06. The summed E-state index contributed by atoms with van der Waals surface area (Å²) >= 11 is -0.756. The Morgan fingerprint density at radius 2 is 1.42 bits per heavy atom. The molecular formula is C6H10O4S2. The molecule has 0 aromatic carbocycles. The molecule has 0 heterocycles. The highest BCUT2D eigenvalue weighted by atomic mass is 32.2. The van der Waals surface area contributed by atoms with E-state index in [-0.39, 0.29) is 0 Å². The second-order valence-electron chi connectivity index (χ2n) is 1.55. The summed E-state index contributed by atoms with van der Waals surface area (Å²) in [5, 5.41) is 0. The van der Waals surface area contributed by atoms with E-state index < -0.39 is 21.8 Å². The normalized spacial score (nSPS) is 8.17. The van der Waals surface area contributed by atoms with E-state index >= 15 is 0 Å². The molecule has 0 aliphatic carbocycles. The van der Waals surface area contributed by atoms with Crippen LogP contribution in [0.2, 0.25) is 0 Å². The van der Waals surface area contributed by atoms with Crippen LogP contribution in [-0.2, 0) is 21.8 Å². The predicted octanol–water partition coefficient (Wildman–Crippen LogP) is 0.103. The first-order valence-corrected chi connectivity index (χ1v) is 5.37. The summed E-state index contributed by atoms with van der Waals surface area (Å²) in [6.07, 6.45) is 3.30. The highest BCUT2D eigenvalue weighted by Gasteiger charge is 1.95. The molecule has 0 aromatic rings. The molecule has 12 heavy (non-hydrogen) atoms. The predicted molar refractivity (Wildman–Crippen MR) is 48.0 cm³/mol. The lowest BCUT2D eigenvalue weighted by Gasteiger charge is -2.03. The van der Waals surface area contributed by atoms with Crippen LogP contribution < -0.4 is 0 Å². The summed E-state index contributed by atoms with van der Waals surface area (Å²) in [5.74, 6) is 1.15. The first-order valence-electron chi connectivity index (χ1n) is 2.88.